The lowest BCUT2D eigenvalue weighted by Crippen LogP contribution is -2.19. The van der Waals surface area contributed by atoms with Crippen LogP contribution in [0.15, 0.2) is 0 Å². The lowest BCUT2D eigenvalue weighted by Gasteiger charge is -2.15. The first-order valence-electron chi connectivity index (χ1n) is 6.14. The number of rotatable bonds is 6. The van der Waals surface area contributed by atoms with E-state index in [9.17, 15) is 0 Å². The summed E-state index contributed by atoms with van der Waals surface area (Å²) in [5.74, 6) is 3.44. The highest BCUT2D eigenvalue weighted by Gasteiger charge is 2.13. The molecule has 0 spiro atoms. The predicted molar refractivity (Wildman–Crippen MR) is 66.2 cm³/mol. The molecule has 1 heterocycles. The molecule has 0 aliphatic carbocycles. The summed E-state index contributed by atoms with van der Waals surface area (Å²) in [6.45, 7) is 9.37. The van der Waals surface area contributed by atoms with E-state index in [1.165, 1.54) is 0 Å². The van der Waals surface area contributed by atoms with Gasteiger partial charge in [-0.25, -0.2) is 4.98 Å². The van der Waals surface area contributed by atoms with Gasteiger partial charge in [0.2, 0.25) is 0 Å². The first-order chi connectivity index (χ1) is 7.52. The van der Waals surface area contributed by atoms with E-state index in [0.29, 0.717) is 17.8 Å². The first-order valence-corrected chi connectivity index (χ1v) is 6.14. The fourth-order valence-corrected chi connectivity index (χ4v) is 1.86. The second kappa shape index (κ2) is 5.99. The largest absolute Gasteiger partial charge is 0.330 e. The van der Waals surface area contributed by atoms with Crippen molar-refractivity contribution in [3.05, 3.63) is 11.6 Å². The van der Waals surface area contributed by atoms with Crippen molar-refractivity contribution in [3.63, 3.8) is 0 Å². The maximum absolute atomic E-state index is 5.77. The van der Waals surface area contributed by atoms with Crippen LogP contribution in [0.25, 0.3) is 0 Å². The van der Waals surface area contributed by atoms with E-state index in [1.807, 2.05) is 0 Å². The zero-order valence-electron chi connectivity index (χ0n) is 10.8. The van der Waals surface area contributed by atoms with Crippen LogP contribution >= 0.6 is 0 Å². The first kappa shape index (κ1) is 13.2. The Balaban J connectivity index is 2.56. The van der Waals surface area contributed by atoms with Crippen molar-refractivity contribution in [2.75, 3.05) is 6.54 Å². The highest BCUT2D eigenvalue weighted by atomic mass is 15.2. The Bertz CT molecular complexity index is 304. The highest BCUT2D eigenvalue weighted by Crippen LogP contribution is 2.15. The summed E-state index contributed by atoms with van der Waals surface area (Å²) in [7, 11) is 0. The van der Waals surface area contributed by atoms with Crippen molar-refractivity contribution in [3.8, 4) is 0 Å². The number of nitrogens with two attached hydrogens (primary N) is 1. The van der Waals surface area contributed by atoms with Crippen LogP contribution in [0, 0.1) is 11.8 Å². The van der Waals surface area contributed by atoms with Crippen LogP contribution in [-0.4, -0.2) is 21.7 Å². The molecule has 0 bridgehead atoms. The fraction of sp³-hybridized carbons (Fsp3) is 0.833. The van der Waals surface area contributed by atoms with Crippen molar-refractivity contribution in [1.29, 1.82) is 0 Å². The van der Waals surface area contributed by atoms with Crippen LogP contribution in [0.5, 0.6) is 0 Å². The van der Waals surface area contributed by atoms with Gasteiger partial charge in [0, 0.05) is 12.3 Å². The van der Waals surface area contributed by atoms with Crippen LogP contribution in [0.2, 0.25) is 0 Å². The molecule has 0 aliphatic rings. The molecule has 0 saturated heterocycles. The zero-order chi connectivity index (χ0) is 12.1. The Labute approximate surface area is 98.0 Å². The topological polar surface area (TPSA) is 67.6 Å². The standard InChI is InChI=1S/C12H24N4/c1-8(2)5-10(7-13)6-11-14-12(9(3)4)16-15-11/h8-10H,5-7,13H2,1-4H3,(H,14,15,16). The molecule has 3 N–H and O–H groups in total. The van der Waals surface area contributed by atoms with Crippen molar-refractivity contribution in [2.24, 2.45) is 17.6 Å². The summed E-state index contributed by atoms with van der Waals surface area (Å²) in [5, 5.41) is 7.21. The van der Waals surface area contributed by atoms with Gasteiger partial charge < -0.3 is 5.73 Å². The number of nitrogens with zero attached hydrogens (tertiary/aromatic N) is 2. The Morgan fingerprint density at radius 2 is 1.94 bits per heavy atom. The number of hydrogen-bond acceptors (Lipinski definition) is 3. The van der Waals surface area contributed by atoms with E-state index >= 15 is 0 Å². The molecule has 4 heteroatoms. The van der Waals surface area contributed by atoms with Gasteiger partial charge in [-0.1, -0.05) is 27.7 Å². The summed E-state index contributed by atoms with van der Waals surface area (Å²) in [6, 6.07) is 0. The molecule has 0 fully saturated rings. The minimum atomic E-state index is 0.381. The number of hydrogen-bond donors (Lipinski definition) is 2. The summed E-state index contributed by atoms with van der Waals surface area (Å²) in [5.41, 5.74) is 5.77. The van der Waals surface area contributed by atoms with Gasteiger partial charge in [0.05, 0.1) is 0 Å². The maximum atomic E-state index is 5.77. The smallest absolute Gasteiger partial charge is 0.153 e. The maximum Gasteiger partial charge on any atom is 0.153 e. The summed E-state index contributed by atoms with van der Waals surface area (Å²) in [6.07, 6.45) is 2.06. The van der Waals surface area contributed by atoms with Crippen LogP contribution < -0.4 is 5.73 Å². The van der Waals surface area contributed by atoms with Gasteiger partial charge in [0.1, 0.15) is 5.82 Å². The van der Waals surface area contributed by atoms with Crippen molar-refractivity contribution >= 4 is 0 Å². The molecular weight excluding hydrogens is 200 g/mol. The van der Waals surface area contributed by atoms with Crippen molar-refractivity contribution in [1.82, 2.24) is 15.2 Å². The SMILES string of the molecule is CC(C)CC(CN)Cc1nc(C(C)C)n[nH]1. The average molecular weight is 224 g/mol. The van der Waals surface area contributed by atoms with Gasteiger partial charge in [-0.2, -0.15) is 5.10 Å². The van der Waals surface area contributed by atoms with Gasteiger partial charge in [-0.3, -0.25) is 5.10 Å². The highest BCUT2D eigenvalue weighted by molar-refractivity contribution is 4.96. The van der Waals surface area contributed by atoms with Crippen LogP contribution in [-0.2, 0) is 6.42 Å². The Morgan fingerprint density at radius 1 is 1.25 bits per heavy atom. The quantitative estimate of drug-likeness (QED) is 0.777. The van der Waals surface area contributed by atoms with Crippen molar-refractivity contribution in [2.45, 2.75) is 46.5 Å². The minimum Gasteiger partial charge on any atom is -0.330 e. The number of aromatic amines is 1. The van der Waals surface area contributed by atoms with E-state index in [4.69, 9.17) is 5.73 Å². The molecule has 1 aromatic rings. The lowest BCUT2D eigenvalue weighted by molar-refractivity contribution is 0.409. The molecule has 0 saturated carbocycles. The summed E-state index contributed by atoms with van der Waals surface area (Å²) in [4.78, 5) is 4.48. The number of H-pyrrole nitrogens is 1. The minimum absolute atomic E-state index is 0.381. The molecular formula is C12H24N4. The fourth-order valence-electron chi connectivity index (χ4n) is 1.86. The monoisotopic (exact) mass is 224 g/mol. The Hall–Kier alpha value is -0.900. The van der Waals surface area contributed by atoms with Gasteiger partial charge in [-0.15, -0.1) is 0 Å². The molecule has 1 rings (SSSR count). The predicted octanol–water partition coefficient (Wildman–Crippen LogP) is 2.09. The molecule has 1 atom stereocenters. The molecule has 0 aromatic carbocycles. The molecule has 0 amide bonds. The third-order valence-corrected chi connectivity index (χ3v) is 2.69. The van der Waals surface area contributed by atoms with Gasteiger partial charge in [0.15, 0.2) is 5.82 Å². The Kier molecular flexibility index (Phi) is 4.93. The van der Waals surface area contributed by atoms with E-state index in [0.717, 1.165) is 31.0 Å². The molecule has 1 unspecified atom stereocenters. The van der Waals surface area contributed by atoms with E-state index < -0.39 is 0 Å². The van der Waals surface area contributed by atoms with Crippen LogP contribution in [0.1, 0.15) is 51.7 Å². The number of aromatic nitrogens is 3. The van der Waals surface area contributed by atoms with E-state index in [-0.39, 0.29) is 0 Å². The van der Waals surface area contributed by atoms with Crippen LogP contribution in [0.4, 0.5) is 0 Å². The molecule has 1 aromatic heterocycles. The summed E-state index contributed by atoms with van der Waals surface area (Å²) >= 11 is 0. The average Bonchev–Trinajstić information content (AvgIpc) is 2.64. The molecule has 4 nitrogen and oxygen atoms in total. The van der Waals surface area contributed by atoms with Gasteiger partial charge in [0.25, 0.3) is 0 Å². The zero-order valence-corrected chi connectivity index (χ0v) is 10.8. The van der Waals surface area contributed by atoms with Gasteiger partial charge >= 0.3 is 0 Å². The third-order valence-electron chi connectivity index (χ3n) is 2.69. The van der Waals surface area contributed by atoms with Crippen LogP contribution in [0.3, 0.4) is 0 Å². The molecule has 16 heavy (non-hydrogen) atoms. The second-order valence-electron chi connectivity index (χ2n) is 5.23. The second-order valence-corrected chi connectivity index (χ2v) is 5.23. The number of nitrogens with one attached hydrogen (secondary N) is 1. The normalized spacial score (nSPS) is 13.7. The Morgan fingerprint density at radius 3 is 2.38 bits per heavy atom. The molecule has 0 aliphatic heterocycles. The molecule has 0 radical (unpaired) electrons. The van der Waals surface area contributed by atoms with Gasteiger partial charge in [-0.05, 0) is 24.8 Å². The van der Waals surface area contributed by atoms with Crippen molar-refractivity contribution < 1.29 is 0 Å². The third kappa shape index (κ3) is 3.93. The van der Waals surface area contributed by atoms with E-state index in [1.54, 1.807) is 0 Å². The summed E-state index contributed by atoms with van der Waals surface area (Å²) < 4.78 is 0. The van der Waals surface area contributed by atoms with E-state index in [2.05, 4.69) is 42.9 Å². The molecule has 92 valence electrons. The lowest BCUT2D eigenvalue weighted by atomic mass is 9.94.